The molecular formula is C14H14N4S. The summed E-state index contributed by atoms with van der Waals surface area (Å²) in [4.78, 5) is 8.62. The van der Waals surface area contributed by atoms with Crippen molar-refractivity contribution in [2.75, 3.05) is 11.1 Å². The summed E-state index contributed by atoms with van der Waals surface area (Å²) >= 11 is 1.62. The fourth-order valence-electron chi connectivity index (χ4n) is 1.89. The molecule has 0 aliphatic heterocycles. The number of nitrogen functional groups attached to an aromatic ring is 1. The molecular weight excluding hydrogens is 256 g/mol. The number of hydrogen-bond acceptors (Lipinski definition) is 5. The van der Waals surface area contributed by atoms with Crippen LogP contribution in [0.4, 0.5) is 10.8 Å². The van der Waals surface area contributed by atoms with Crippen LogP contribution in [-0.4, -0.2) is 9.97 Å². The van der Waals surface area contributed by atoms with Crippen molar-refractivity contribution in [1.29, 1.82) is 0 Å². The number of nitrogens with two attached hydrogens (primary N) is 1. The molecule has 2 aromatic heterocycles. The molecule has 4 nitrogen and oxygen atoms in total. The van der Waals surface area contributed by atoms with Gasteiger partial charge in [0.05, 0.1) is 10.2 Å². The first kappa shape index (κ1) is 11.9. The number of nitrogens with one attached hydrogen (secondary N) is 1. The van der Waals surface area contributed by atoms with Crippen LogP contribution < -0.4 is 11.1 Å². The largest absolute Gasteiger partial charge is 0.399 e. The van der Waals surface area contributed by atoms with E-state index in [1.807, 2.05) is 36.7 Å². The molecule has 0 amide bonds. The quantitative estimate of drug-likeness (QED) is 0.717. The topological polar surface area (TPSA) is 63.8 Å². The van der Waals surface area contributed by atoms with E-state index < -0.39 is 0 Å². The lowest BCUT2D eigenvalue weighted by atomic mass is 10.2. The van der Waals surface area contributed by atoms with Gasteiger partial charge in [0.15, 0.2) is 5.13 Å². The van der Waals surface area contributed by atoms with E-state index in [0.29, 0.717) is 0 Å². The van der Waals surface area contributed by atoms with Crippen LogP contribution in [0.15, 0.2) is 36.7 Å². The number of aromatic nitrogens is 2. The molecule has 0 saturated heterocycles. The first-order chi connectivity index (χ1) is 9.22. The molecule has 1 aromatic carbocycles. The van der Waals surface area contributed by atoms with Crippen molar-refractivity contribution >= 4 is 32.4 Å². The van der Waals surface area contributed by atoms with Crippen LogP contribution in [0, 0.1) is 6.92 Å². The molecule has 3 rings (SSSR count). The highest BCUT2D eigenvalue weighted by Crippen LogP contribution is 2.27. The SMILES string of the molecule is Cc1cnccc1CNc1nc2ccc(N)cc2s1. The van der Waals surface area contributed by atoms with Gasteiger partial charge in [-0.1, -0.05) is 11.3 Å². The summed E-state index contributed by atoms with van der Waals surface area (Å²) in [6.45, 7) is 2.81. The standard InChI is InChI=1S/C14H14N4S/c1-9-7-16-5-4-10(9)8-17-14-18-12-3-2-11(15)6-13(12)19-14/h2-7H,8,15H2,1H3,(H,17,18). The maximum Gasteiger partial charge on any atom is 0.184 e. The lowest BCUT2D eigenvalue weighted by Crippen LogP contribution is -2.00. The molecule has 0 atom stereocenters. The maximum absolute atomic E-state index is 5.77. The second-order valence-corrected chi connectivity index (χ2v) is 5.43. The van der Waals surface area contributed by atoms with Crippen LogP contribution in [0.5, 0.6) is 0 Å². The summed E-state index contributed by atoms with van der Waals surface area (Å²) in [5, 5.41) is 4.26. The van der Waals surface area contributed by atoms with Gasteiger partial charge < -0.3 is 11.1 Å². The Morgan fingerprint density at radius 2 is 2.21 bits per heavy atom. The molecule has 2 heterocycles. The van der Waals surface area contributed by atoms with E-state index in [1.165, 1.54) is 11.1 Å². The lowest BCUT2D eigenvalue weighted by Gasteiger charge is -2.05. The minimum absolute atomic E-state index is 0.754. The molecule has 0 radical (unpaired) electrons. The molecule has 3 aromatic rings. The normalized spacial score (nSPS) is 10.8. The average Bonchev–Trinajstić information content (AvgIpc) is 2.79. The number of fused-ring (bicyclic) bond motifs is 1. The number of anilines is 2. The Balaban J connectivity index is 1.80. The van der Waals surface area contributed by atoms with Crippen molar-refractivity contribution in [3.05, 3.63) is 47.8 Å². The highest BCUT2D eigenvalue weighted by molar-refractivity contribution is 7.22. The third-order valence-corrected chi connectivity index (χ3v) is 3.95. The second-order valence-electron chi connectivity index (χ2n) is 4.40. The number of nitrogens with zero attached hydrogens (tertiary/aromatic N) is 2. The van der Waals surface area contributed by atoms with E-state index in [2.05, 4.69) is 22.2 Å². The number of benzene rings is 1. The summed E-state index contributed by atoms with van der Waals surface area (Å²) in [5.74, 6) is 0. The van der Waals surface area contributed by atoms with Crippen LogP contribution in [0.2, 0.25) is 0 Å². The predicted molar refractivity (Wildman–Crippen MR) is 80.3 cm³/mol. The molecule has 0 unspecified atom stereocenters. The zero-order valence-corrected chi connectivity index (χ0v) is 11.4. The molecule has 0 aliphatic carbocycles. The minimum atomic E-state index is 0.754. The highest BCUT2D eigenvalue weighted by atomic mass is 32.1. The zero-order valence-electron chi connectivity index (χ0n) is 10.6. The van der Waals surface area contributed by atoms with Crippen LogP contribution in [0.3, 0.4) is 0 Å². The van der Waals surface area contributed by atoms with E-state index in [0.717, 1.165) is 27.6 Å². The van der Waals surface area contributed by atoms with Gasteiger partial charge in [0.25, 0.3) is 0 Å². The van der Waals surface area contributed by atoms with Crippen LogP contribution in [0.25, 0.3) is 10.2 Å². The van der Waals surface area contributed by atoms with Gasteiger partial charge in [0.2, 0.25) is 0 Å². The first-order valence-electron chi connectivity index (χ1n) is 6.02. The average molecular weight is 270 g/mol. The van der Waals surface area contributed by atoms with E-state index >= 15 is 0 Å². The Kier molecular flexibility index (Phi) is 3.05. The number of pyridine rings is 1. The highest BCUT2D eigenvalue weighted by Gasteiger charge is 2.04. The first-order valence-corrected chi connectivity index (χ1v) is 6.83. The monoisotopic (exact) mass is 270 g/mol. The van der Waals surface area contributed by atoms with Gasteiger partial charge in [-0.2, -0.15) is 0 Å². The molecule has 0 fully saturated rings. The predicted octanol–water partition coefficient (Wildman–Crippen LogP) is 3.19. The van der Waals surface area contributed by atoms with Gasteiger partial charge >= 0.3 is 0 Å². The second kappa shape index (κ2) is 4.85. The Hall–Kier alpha value is -2.14. The minimum Gasteiger partial charge on any atom is -0.399 e. The van der Waals surface area contributed by atoms with Crippen molar-refractivity contribution in [2.45, 2.75) is 13.5 Å². The number of hydrogen-bond donors (Lipinski definition) is 2. The zero-order chi connectivity index (χ0) is 13.2. The van der Waals surface area contributed by atoms with Crippen LogP contribution in [-0.2, 0) is 6.54 Å². The Bertz CT molecular complexity index is 720. The van der Waals surface area contributed by atoms with E-state index in [1.54, 1.807) is 11.3 Å². The Labute approximate surface area is 115 Å². The summed E-state index contributed by atoms with van der Waals surface area (Å²) in [6.07, 6.45) is 3.68. The fraction of sp³-hybridized carbons (Fsp3) is 0.143. The van der Waals surface area contributed by atoms with E-state index in [-0.39, 0.29) is 0 Å². The number of thiazole rings is 1. The maximum atomic E-state index is 5.77. The van der Waals surface area contributed by atoms with Crippen LogP contribution in [0.1, 0.15) is 11.1 Å². The number of rotatable bonds is 3. The number of aryl methyl sites for hydroxylation is 1. The lowest BCUT2D eigenvalue weighted by molar-refractivity contribution is 1.09. The Morgan fingerprint density at radius 3 is 3.05 bits per heavy atom. The molecule has 96 valence electrons. The molecule has 0 spiro atoms. The summed E-state index contributed by atoms with van der Waals surface area (Å²) in [7, 11) is 0. The van der Waals surface area contributed by atoms with Crippen molar-refractivity contribution < 1.29 is 0 Å². The van der Waals surface area contributed by atoms with E-state index in [4.69, 9.17) is 5.73 Å². The van der Waals surface area contributed by atoms with Gasteiger partial charge in [-0.3, -0.25) is 4.98 Å². The summed E-state index contributed by atoms with van der Waals surface area (Å²) in [6, 6.07) is 7.80. The molecule has 0 aliphatic rings. The van der Waals surface area contributed by atoms with Crippen molar-refractivity contribution in [3.8, 4) is 0 Å². The third kappa shape index (κ3) is 2.51. The molecule has 5 heteroatoms. The van der Waals surface area contributed by atoms with Crippen molar-refractivity contribution in [3.63, 3.8) is 0 Å². The summed E-state index contributed by atoms with van der Waals surface area (Å²) < 4.78 is 1.11. The van der Waals surface area contributed by atoms with Gasteiger partial charge in [-0.15, -0.1) is 0 Å². The van der Waals surface area contributed by atoms with E-state index in [9.17, 15) is 0 Å². The Morgan fingerprint density at radius 1 is 1.32 bits per heavy atom. The van der Waals surface area contributed by atoms with Gasteiger partial charge in [0, 0.05) is 24.6 Å². The van der Waals surface area contributed by atoms with Crippen molar-refractivity contribution in [1.82, 2.24) is 9.97 Å². The van der Waals surface area contributed by atoms with Crippen LogP contribution >= 0.6 is 11.3 Å². The van der Waals surface area contributed by atoms with Gasteiger partial charge in [-0.05, 0) is 42.3 Å². The third-order valence-electron chi connectivity index (χ3n) is 2.98. The van der Waals surface area contributed by atoms with Crippen molar-refractivity contribution in [2.24, 2.45) is 0 Å². The molecule has 19 heavy (non-hydrogen) atoms. The van der Waals surface area contributed by atoms with Gasteiger partial charge in [0.1, 0.15) is 0 Å². The van der Waals surface area contributed by atoms with Gasteiger partial charge in [-0.25, -0.2) is 4.98 Å². The molecule has 3 N–H and O–H groups in total. The fourth-order valence-corrected chi connectivity index (χ4v) is 2.80. The smallest absolute Gasteiger partial charge is 0.184 e. The molecule has 0 bridgehead atoms. The summed E-state index contributed by atoms with van der Waals surface area (Å²) in [5.41, 5.74) is 9.93. The molecule has 0 saturated carbocycles.